The molecule has 1 aromatic rings. The van der Waals surface area contributed by atoms with Crippen LogP contribution < -0.4 is 5.32 Å². The second-order valence-corrected chi connectivity index (χ2v) is 6.35. The fourth-order valence-corrected chi connectivity index (χ4v) is 2.86. The zero-order valence-electron chi connectivity index (χ0n) is 11.8. The summed E-state index contributed by atoms with van der Waals surface area (Å²) in [6.07, 6.45) is 12.2. The second kappa shape index (κ2) is 8.25. The average Bonchev–Trinajstić information content (AvgIpc) is 2.41. The maximum atomic E-state index is 11.9. The van der Waals surface area contributed by atoms with Crippen LogP contribution in [0.1, 0.15) is 50.5 Å². The monoisotopic (exact) mass is 335 g/mol. The maximum absolute atomic E-state index is 11.9. The molecule has 1 aliphatic rings. The van der Waals surface area contributed by atoms with E-state index >= 15 is 0 Å². The van der Waals surface area contributed by atoms with Crippen LogP contribution in [0.15, 0.2) is 34.8 Å². The fourth-order valence-electron chi connectivity index (χ4n) is 2.60. The summed E-state index contributed by atoms with van der Waals surface area (Å²) in [6.45, 7) is 0. The van der Waals surface area contributed by atoms with E-state index in [0.29, 0.717) is 6.04 Å². The minimum atomic E-state index is 0.0264. The molecule has 1 aromatic carbocycles. The Bertz CT molecular complexity index is 445. The van der Waals surface area contributed by atoms with Crippen molar-refractivity contribution in [1.82, 2.24) is 5.32 Å². The van der Waals surface area contributed by atoms with Crippen LogP contribution in [-0.2, 0) is 4.79 Å². The summed E-state index contributed by atoms with van der Waals surface area (Å²) >= 11 is 3.40. The molecule has 0 radical (unpaired) electrons. The SMILES string of the molecule is O=C(/C=C/c1ccc(Br)cc1)NC1CCCCCCC1. The first-order valence-corrected chi connectivity index (χ1v) is 8.27. The molecule has 1 aliphatic carbocycles. The maximum Gasteiger partial charge on any atom is 0.244 e. The highest BCUT2D eigenvalue weighted by Gasteiger charge is 2.12. The standard InChI is InChI=1S/C17H22BrNO/c18-15-11-8-14(9-12-15)10-13-17(20)19-16-6-4-2-1-3-5-7-16/h8-13,16H,1-7H2,(H,19,20)/b13-10+. The number of amides is 1. The van der Waals surface area contributed by atoms with Crippen molar-refractivity contribution in [2.45, 2.75) is 51.0 Å². The normalized spacial score (nSPS) is 17.6. The van der Waals surface area contributed by atoms with Crippen molar-refractivity contribution < 1.29 is 4.79 Å². The summed E-state index contributed by atoms with van der Waals surface area (Å²) in [5, 5.41) is 3.13. The molecule has 1 N–H and O–H groups in total. The molecule has 1 fully saturated rings. The summed E-state index contributed by atoms with van der Waals surface area (Å²) in [7, 11) is 0. The van der Waals surface area contributed by atoms with E-state index < -0.39 is 0 Å². The van der Waals surface area contributed by atoms with Gasteiger partial charge in [0.15, 0.2) is 0 Å². The fraction of sp³-hybridized carbons (Fsp3) is 0.471. The van der Waals surface area contributed by atoms with Crippen molar-refractivity contribution in [1.29, 1.82) is 0 Å². The first-order valence-electron chi connectivity index (χ1n) is 7.48. The van der Waals surface area contributed by atoms with Gasteiger partial charge < -0.3 is 5.32 Å². The minimum Gasteiger partial charge on any atom is -0.350 e. The minimum absolute atomic E-state index is 0.0264. The summed E-state index contributed by atoms with van der Waals surface area (Å²) in [6, 6.07) is 8.30. The Kier molecular flexibility index (Phi) is 6.31. The third-order valence-electron chi connectivity index (χ3n) is 3.75. The zero-order chi connectivity index (χ0) is 14.2. The van der Waals surface area contributed by atoms with E-state index in [1.165, 1.54) is 32.1 Å². The molecule has 0 heterocycles. The lowest BCUT2D eigenvalue weighted by Gasteiger charge is -2.20. The van der Waals surface area contributed by atoms with E-state index in [2.05, 4.69) is 21.2 Å². The number of hydrogen-bond donors (Lipinski definition) is 1. The average molecular weight is 336 g/mol. The Morgan fingerprint density at radius 1 is 1.05 bits per heavy atom. The van der Waals surface area contributed by atoms with Crippen LogP contribution in [0.4, 0.5) is 0 Å². The molecule has 0 bridgehead atoms. The number of nitrogens with one attached hydrogen (secondary N) is 1. The topological polar surface area (TPSA) is 29.1 Å². The number of carbonyl (C=O) groups excluding carboxylic acids is 1. The third kappa shape index (κ3) is 5.49. The van der Waals surface area contributed by atoms with Gasteiger partial charge in [0.05, 0.1) is 0 Å². The van der Waals surface area contributed by atoms with Crippen molar-refractivity contribution >= 4 is 27.9 Å². The van der Waals surface area contributed by atoms with Crippen molar-refractivity contribution in [3.8, 4) is 0 Å². The van der Waals surface area contributed by atoms with Gasteiger partial charge in [-0.2, -0.15) is 0 Å². The van der Waals surface area contributed by atoms with Gasteiger partial charge in [-0.1, -0.05) is 60.2 Å². The van der Waals surface area contributed by atoms with Crippen LogP contribution in [0.25, 0.3) is 6.08 Å². The van der Waals surface area contributed by atoms with E-state index in [4.69, 9.17) is 0 Å². The third-order valence-corrected chi connectivity index (χ3v) is 4.28. The highest BCUT2D eigenvalue weighted by atomic mass is 79.9. The lowest BCUT2D eigenvalue weighted by molar-refractivity contribution is -0.117. The van der Waals surface area contributed by atoms with Crippen LogP contribution in [0.3, 0.4) is 0 Å². The van der Waals surface area contributed by atoms with Crippen LogP contribution in [0.5, 0.6) is 0 Å². The molecule has 2 rings (SSSR count). The van der Waals surface area contributed by atoms with Crippen LogP contribution in [-0.4, -0.2) is 11.9 Å². The summed E-state index contributed by atoms with van der Waals surface area (Å²) < 4.78 is 1.05. The first kappa shape index (κ1) is 15.3. The largest absolute Gasteiger partial charge is 0.350 e. The molecule has 3 heteroatoms. The Hall–Kier alpha value is -1.09. The van der Waals surface area contributed by atoms with Crippen molar-refractivity contribution in [2.24, 2.45) is 0 Å². The Morgan fingerprint density at radius 3 is 2.30 bits per heavy atom. The molecular formula is C17H22BrNO. The molecule has 20 heavy (non-hydrogen) atoms. The van der Waals surface area contributed by atoms with Crippen molar-refractivity contribution in [3.63, 3.8) is 0 Å². The Balaban J connectivity index is 1.83. The van der Waals surface area contributed by atoms with Gasteiger partial charge in [0.25, 0.3) is 0 Å². The molecule has 108 valence electrons. The van der Waals surface area contributed by atoms with Gasteiger partial charge in [-0.25, -0.2) is 0 Å². The van der Waals surface area contributed by atoms with E-state index in [-0.39, 0.29) is 5.91 Å². The summed E-state index contributed by atoms with van der Waals surface area (Å²) in [5.41, 5.74) is 1.04. The number of rotatable bonds is 3. The number of halogens is 1. The van der Waals surface area contributed by atoms with Crippen LogP contribution in [0.2, 0.25) is 0 Å². The van der Waals surface area contributed by atoms with Gasteiger partial charge in [0.1, 0.15) is 0 Å². The van der Waals surface area contributed by atoms with Crippen molar-refractivity contribution in [3.05, 3.63) is 40.4 Å². The van der Waals surface area contributed by atoms with E-state index in [1.807, 2.05) is 30.3 Å². The smallest absolute Gasteiger partial charge is 0.244 e. The second-order valence-electron chi connectivity index (χ2n) is 5.44. The molecule has 0 aromatic heterocycles. The van der Waals surface area contributed by atoms with Gasteiger partial charge >= 0.3 is 0 Å². The van der Waals surface area contributed by atoms with E-state index in [0.717, 1.165) is 22.9 Å². The number of hydrogen-bond acceptors (Lipinski definition) is 1. The molecule has 0 aliphatic heterocycles. The van der Waals surface area contributed by atoms with Gasteiger partial charge in [-0.3, -0.25) is 4.79 Å². The van der Waals surface area contributed by atoms with Crippen molar-refractivity contribution in [2.75, 3.05) is 0 Å². The lowest BCUT2D eigenvalue weighted by atomic mass is 9.97. The number of carbonyl (C=O) groups is 1. The predicted molar refractivity (Wildman–Crippen MR) is 87.4 cm³/mol. The highest BCUT2D eigenvalue weighted by Crippen LogP contribution is 2.17. The molecule has 0 unspecified atom stereocenters. The van der Waals surface area contributed by atoms with Crippen LogP contribution >= 0.6 is 15.9 Å². The zero-order valence-corrected chi connectivity index (χ0v) is 13.4. The molecule has 1 amide bonds. The van der Waals surface area contributed by atoms with Gasteiger partial charge in [-0.05, 0) is 36.6 Å². The Morgan fingerprint density at radius 2 is 1.65 bits per heavy atom. The summed E-state index contributed by atoms with van der Waals surface area (Å²) in [4.78, 5) is 11.9. The quantitative estimate of drug-likeness (QED) is 0.797. The molecule has 0 saturated heterocycles. The highest BCUT2D eigenvalue weighted by molar-refractivity contribution is 9.10. The first-order chi connectivity index (χ1) is 9.74. The summed E-state index contributed by atoms with van der Waals surface area (Å²) in [5.74, 6) is 0.0264. The van der Waals surface area contributed by atoms with Gasteiger partial charge in [0.2, 0.25) is 5.91 Å². The van der Waals surface area contributed by atoms with E-state index in [1.54, 1.807) is 6.08 Å². The predicted octanol–water partition coefficient (Wildman–Crippen LogP) is 4.69. The van der Waals surface area contributed by atoms with Gasteiger partial charge in [-0.15, -0.1) is 0 Å². The number of benzene rings is 1. The lowest BCUT2D eigenvalue weighted by Crippen LogP contribution is -2.34. The Labute approximate surface area is 129 Å². The molecule has 2 nitrogen and oxygen atoms in total. The molecule has 0 atom stereocenters. The van der Waals surface area contributed by atoms with E-state index in [9.17, 15) is 4.79 Å². The van der Waals surface area contributed by atoms with Gasteiger partial charge in [0, 0.05) is 16.6 Å². The van der Waals surface area contributed by atoms with Crippen LogP contribution in [0, 0.1) is 0 Å². The molecule has 0 spiro atoms. The molecular weight excluding hydrogens is 314 g/mol. The molecule has 1 saturated carbocycles.